The highest BCUT2D eigenvalue weighted by Gasteiger charge is 2.58. The number of hydrogen-bond acceptors (Lipinski definition) is 32. The minimum atomic E-state index is -5.13. The van der Waals surface area contributed by atoms with E-state index in [-0.39, 0.29) is 0 Å². The summed E-state index contributed by atoms with van der Waals surface area (Å²) in [5.41, 5.74) is 0. The standard InChI is InChI=1S/C40H68N2O33S/c1-9-19(48)26(55)29(58)37(66-9)75-34-32(73-39-33(28(57)21(50)13(5-44)69-39)74-38-30(59)27(56)20(49)12(4-43)68-38)23(52)14(6-45)70-40(34)72-31-18(42-11(3)47)35(60)67-15(24(31)53)7-64-36-17(41-10(2)46)25(54)22(51)16(71-36)8-65-76(61,62)63/h9,12-40,43-45,48-60H,4-8H2,1-3H3,(H,41,46)(H,42,47)(H,61,62,63)/t9-,12+,13+,14+,15+,16+,17+,18+,19+,20-,21-,22+,23-,24-,25+,26+,27-,28-,29-,30+,31+,32-,33+,34+,35?,36+,37-,38-,39+,40-/m0/s1. The molecule has 0 aromatic carbocycles. The van der Waals surface area contributed by atoms with E-state index in [0.29, 0.717) is 0 Å². The Balaban J connectivity index is 1.36. The zero-order valence-electron chi connectivity index (χ0n) is 40.4. The molecule has 19 N–H and O–H groups in total. The number of aliphatic hydroxyl groups excluding tert-OH is 16. The molecule has 36 heteroatoms. The van der Waals surface area contributed by atoms with Crippen molar-refractivity contribution in [2.45, 2.75) is 205 Å². The number of hydrogen-bond donors (Lipinski definition) is 19. The Hall–Kier alpha value is -2.27. The van der Waals surface area contributed by atoms with Crippen LogP contribution in [0.5, 0.6) is 0 Å². The SMILES string of the molecule is CC(=O)N[C@H]1[C@H](OC[C@H]2OC(O)[C@H](NC(C)=O)[C@@H](O[C@@H]3O[C@H](CO)[C@H](O)[C@H](O[C@H]4O[C@H](CO)[C@H](O)[C@H](O)[C@H]4O[C@@H]4O[C@H](CO)[C@H](O)[C@H](O)[C@H]4O)[C@H]3O[C@@H]3O[C@@H](C)[C@@H](O)[C@@H](O)[C@@H]3O)[C@H]2O)O[C@H](COS(=O)(=O)O)[C@@H](O)[C@@H]1O. The molecular weight excluding hydrogens is 1070 g/mol. The summed E-state index contributed by atoms with van der Waals surface area (Å²) < 4.78 is 99.8. The highest BCUT2D eigenvalue weighted by molar-refractivity contribution is 7.80. The third-order valence-corrected chi connectivity index (χ3v) is 13.8. The fourth-order valence-corrected chi connectivity index (χ4v) is 9.56. The van der Waals surface area contributed by atoms with Crippen LogP contribution in [-0.4, -0.2) is 324 Å². The summed E-state index contributed by atoms with van der Waals surface area (Å²) in [7, 11) is -5.13. The van der Waals surface area contributed by atoms with Gasteiger partial charge in [-0.25, -0.2) is 4.18 Å². The lowest BCUT2D eigenvalue weighted by molar-refractivity contribution is -0.410. The summed E-state index contributed by atoms with van der Waals surface area (Å²) in [5.74, 6) is -1.70. The first kappa shape index (κ1) is 62.9. The smallest absolute Gasteiger partial charge is 0.394 e. The van der Waals surface area contributed by atoms with E-state index in [1.54, 1.807) is 0 Å². The Morgan fingerprint density at radius 2 is 0.855 bits per heavy atom. The number of carbonyl (C=O) groups is 2. The monoisotopic (exact) mass is 1140 g/mol. The quantitative estimate of drug-likeness (QED) is 0.0534. The van der Waals surface area contributed by atoms with Crippen molar-refractivity contribution in [1.29, 1.82) is 0 Å². The molecule has 35 nitrogen and oxygen atoms in total. The molecule has 76 heavy (non-hydrogen) atoms. The molecule has 0 aromatic rings. The predicted molar refractivity (Wildman–Crippen MR) is 231 cm³/mol. The highest BCUT2D eigenvalue weighted by Crippen LogP contribution is 2.38. The Bertz CT molecular complexity index is 1990. The van der Waals surface area contributed by atoms with E-state index in [9.17, 15) is 99.7 Å². The first-order valence-electron chi connectivity index (χ1n) is 23.6. The minimum absolute atomic E-state index is 0.810. The maximum Gasteiger partial charge on any atom is 0.397 e. The van der Waals surface area contributed by atoms with Gasteiger partial charge in [-0.3, -0.25) is 14.1 Å². The fraction of sp³-hybridized carbons (Fsp3) is 0.950. The van der Waals surface area contributed by atoms with Crippen LogP contribution >= 0.6 is 0 Å². The molecule has 6 rings (SSSR count). The first-order valence-corrected chi connectivity index (χ1v) is 25.0. The van der Waals surface area contributed by atoms with Gasteiger partial charge in [0.25, 0.3) is 0 Å². The highest BCUT2D eigenvalue weighted by atomic mass is 32.3. The number of nitrogens with one attached hydrogen (secondary N) is 2. The molecule has 0 aromatic heterocycles. The van der Waals surface area contributed by atoms with Crippen molar-refractivity contribution in [3.8, 4) is 0 Å². The van der Waals surface area contributed by atoms with Gasteiger partial charge in [0.15, 0.2) is 37.7 Å². The van der Waals surface area contributed by atoms with E-state index in [1.807, 2.05) is 0 Å². The molecule has 6 saturated heterocycles. The third-order valence-electron chi connectivity index (χ3n) is 13.4. The molecule has 30 atom stereocenters. The van der Waals surface area contributed by atoms with E-state index in [4.69, 9.17) is 56.7 Å². The molecule has 0 bridgehead atoms. The lowest BCUT2D eigenvalue weighted by atomic mass is 9.94. The molecule has 1 unspecified atom stereocenters. The van der Waals surface area contributed by atoms with Crippen LogP contribution in [0.4, 0.5) is 0 Å². The normalized spacial score (nSPS) is 48.5. The van der Waals surface area contributed by atoms with Crippen LogP contribution < -0.4 is 10.6 Å². The van der Waals surface area contributed by atoms with Crippen molar-refractivity contribution in [3.63, 3.8) is 0 Å². The Morgan fingerprint density at radius 1 is 0.434 bits per heavy atom. The minimum Gasteiger partial charge on any atom is -0.394 e. The summed E-state index contributed by atoms with van der Waals surface area (Å²) in [6.45, 7) is -1.95. The van der Waals surface area contributed by atoms with E-state index < -0.39 is 239 Å². The van der Waals surface area contributed by atoms with Gasteiger partial charge in [-0.2, -0.15) is 8.42 Å². The molecule has 0 radical (unpaired) electrons. The van der Waals surface area contributed by atoms with Crippen molar-refractivity contribution in [2.24, 2.45) is 0 Å². The molecule has 0 aliphatic carbocycles. The van der Waals surface area contributed by atoms with Gasteiger partial charge in [0.2, 0.25) is 11.8 Å². The van der Waals surface area contributed by atoms with Crippen LogP contribution in [-0.2, 0) is 76.3 Å². The second-order valence-corrected chi connectivity index (χ2v) is 19.9. The van der Waals surface area contributed by atoms with Gasteiger partial charge in [0.05, 0.1) is 39.1 Å². The molecule has 0 saturated carbocycles. The molecule has 6 aliphatic rings. The topological polar surface area (TPSA) is 547 Å². The average Bonchev–Trinajstić information content (AvgIpc) is 3.36. The van der Waals surface area contributed by atoms with Gasteiger partial charge in [0, 0.05) is 13.8 Å². The molecule has 0 spiro atoms. The average molecular weight is 1140 g/mol. The van der Waals surface area contributed by atoms with E-state index in [1.165, 1.54) is 6.92 Å². The van der Waals surface area contributed by atoms with E-state index >= 15 is 0 Å². The van der Waals surface area contributed by atoms with Gasteiger partial charge in [0.1, 0.15) is 140 Å². The van der Waals surface area contributed by atoms with Crippen molar-refractivity contribution in [2.75, 3.05) is 33.0 Å². The van der Waals surface area contributed by atoms with Crippen LogP contribution in [0.15, 0.2) is 0 Å². The van der Waals surface area contributed by atoms with Gasteiger partial charge >= 0.3 is 10.4 Å². The molecule has 6 heterocycles. The predicted octanol–water partition coefficient (Wildman–Crippen LogP) is -13.0. The summed E-state index contributed by atoms with van der Waals surface area (Å²) in [6.07, 6.45) is -55.8. The summed E-state index contributed by atoms with van der Waals surface area (Å²) in [6, 6.07) is -3.49. The van der Waals surface area contributed by atoms with Crippen molar-refractivity contribution >= 4 is 22.2 Å². The number of aliphatic hydroxyl groups is 16. The van der Waals surface area contributed by atoms with Crippen molar-refractivity contribution < 1.29 is 161 Å². The lowest BCUT2D eigenvalue weighted by Gasteiger charge is -2.51. The van der Waals surface area contributed by atoms with Crippen LogP contribution in [0.1, 0.15) is 20.8 Å². The summed E-state index contributed by atoms with van der Waals surface area (Å²) in [5, 5.41) is 178. The lowest BCUT2D eigenvalue weighted by Crippen LogP contribution is -2.70. The molecule has 6 fully saturated rings. The van der Waals surface area contributed by atoms with Crippen LogP contribution in [0.2, 0.25) is 0 Å². The number of ether oxygens (including phenoxy) is 11. The second kappa shape index (κ2) is 26.5. The fourth-order valence-electron chi connectivity index (χ4n) is 9.25. The van der Waals surface area contributed by atoms with Gasteiger partial charge in [-0.1, -0.05) is 0 Å². The Morgan fingerprint density at radius 3 is 1.42 bits per heavy atom. The molecule has 6 aliphatic heterocycles. The van der Waals surface area contributed by atoms with Crippen molar-refractivity contribution in [1.82, 2.24) is 10.6 Å². The zero-order valence-corrected chi connectivity index (χ0v) is 41.2. The maximum atomic E-state index is 12.6. The van der Waals surface area contributed by atoms with Crippen LogP contribution in [0.25, 0.3) is 0 Å². The third kappa shape index (κ3) is 14.2. The number of amides is 2. The summed E-state index contributed by atoms with van der Waals surface area (Å²) >= 11 is 0. The van der Waals surface area contributed by atoms with Gasteiger partial charge in [-0.05, 0) is 6.92 Å². The zero-order chi connectivity index (χ0) is 56.4. The van der Waals surface area contributed by atoms with Crippen LogP contribution in [0.3, 0.4) is 0 Å². The van der Waals surface area contributed by atoms with E-state index in [0.717, 1.165) is 13.8 Å². The van der Waals surface area contributed by atoms with Gasteiger partial charge < -0.3 is 144 Å². The first-order chi connectivity index (χ1) is 35.6. The molecule has 2 amide bonds. The Kier molecular flexibility index (Phi) is 22.0. The van der Waals surface area contributed by atoms with E-state index in [2.05, 4.69) is 14.8 Å². The van der Waals surface area contributed by atoms with Crippen molar-refractivity contribution in [3.05, 3.63) is 0 Å². The second-order valence-electron chi connectivity index (χ2n) is 18.8. The number of rotatable bonds is 19. The summed E-state index contributed by atoms with van der Waals surface area (Å²) in [4.78, 5) is 24.7. The Labute approximate surface area is 430 Å². The van der Waals surface area contributed by atoms with Gasteiger partial charge in [-0.15, -0.1) is 0 Å². The molecule has 442 valence electrons. The molecular formula is C40H68N2O33S. The maximum absolute atomic E-state index is 12.6. The number of carbonyl (C=O) groups excluding carboxylic acids is 2. The largest absolute Gasteiger partial charge is 0.397 e. The van der Waals surface area contributed by atoms with Crippen LogP contribution in [0, 0.1) is 0 Å².